The Bertz CT molecular complexity index is 300. The van der Waals surface area contributed by atoms with Gasteiger partial charge in [-0.15, -0.1) is 0 Å². The van der Waals surface area contributed by atoms with Gasteiger partial charge in [-0.25, -0.2) is 0 Å². The molecule has 1 heterocycles. The molecule has 0 saturated carbocycles. The van der Waals surface area contributed by atoms with Crippen molar-refractivity contribution in [2.75, 3.05) is 6.54 Å². The predicted octanol–water partition coefficient (Wildman–Crippen LogP) is 0.683. The Hall–Kier alpha value is -1.42. The number of nitrogens with one attached hydrogen (secondary N) is 1. The standard InChI is InChI=1S/C11H17N3O/c1-9(6-12)5-11(15)14-8-10-3-2-4-13-7-10/h2-4,7,9H,5-6,8,12H2,1H3,(H,14,15). The third-order valence-electron chi connectivity index (χ3n) is 2.15. The molecule has 0 radical (unpaired) electrons. The van der Waals surface area contributed by atoms with E-state index in [0.717, 1.165) is 5.56 Å². The van der Waals surface area contributed by atoms with Crippen molar-refractivity contribution in [1.82, 2.24) is 10.3 Å². The number of nitrogens with zero attached hydrogens (tertiary/aromatic N) is 1. The van der Waals surface area contributed by atoms with Crippen LogP contribution >= 0.6 is 0 Å². The van der Waals surface area contributed by atoms with Crippen molar-refractivity contribution in [1.29, 1.82) is 0 Å². The van der Waals surface area contributed by atoms with Gasteiger partial charge >= 0.3 is 0 Å². The number of nitrogens with two attached hydrogens (primary N) is 1. The highest BCUT2D eigenvalue weighted by atomic mass is 16.1. The molecule has 1 rings (SSSR count). The average Bonchev–Trinajstić information content (AvgIpc) is 2.27. The fourth-order valence-electron chi connectivity index (χ4n) is 1.18. The number of carbonyl (C=O) groups excluding carboxylic acids is 1. The normalized spacial score (nSPS) is 12.1. The van der Waals surface area contributed by atoms with Crippen LogP contribution in [0.3, 0.4) is 0 Å². The molecule has 1 atom stereocenters. The largest absolute Gasteiger partial charge is 0.352 e. The molecule has 4 heteroatoms. The van der Waals surface area contributed by atoms with Gasteiger partial charge in [0.1, 0.15) is 0 Å². The summed E-state index contributed by atoms with van der Waals surface area (Å²) in [5.41, 5.74) is 6.44. The minimum absolute atomic E-state index is 0.0387. The Kier molecular flexibility index (Phi) is 4.77. The Balaban J connectivity index is 2.29. The molecule has 0 saturated heterocycles. The van der Waals surface area contributed by atoms with E-state index >= 15 is 0 Å². The van der Waals surface area contributed by atoms with Crippen molar-refractivity contribution in [3.63, 3.8) is 0 Å². The lowest BCUT2D eigenvalue weighted by atomic mass is 10.1. The summed E-state index contributed by atoms with van der Waals surface area (Å²) in [5.74, 6) is 0.274. The molecule has 0 aromatic carbocycles. The maximum atomic E-state index is 11.4. The lowest BCUT2D eigenvalue weighted by molar-refractivity contribution is -0.122. The van der Waals surface area contributed by atoms with Crippen molar-refractivity contribution in [3.05, 3.63) is 30.1 Å². The van der Waals surface area contributed by atoms with E-state index in [9.17, 15) is 4.79 Å². The lowest BCUT2D eigenvalue weighted by Crippen LogP contribution is -2.26. The van der Waals surface area contributed by atoms with E-state index in [2.05, 4.69) is 10.3 Å². The summed E-state index contributed by atoms with van der Waals surface area (Å²) in [6.07, 6.45) is 3.94. The smallest absolute Gasteiger partial charge is 0.220 e. The van der Waals surface area contributed by atoms with Crippen molar-refractivity contribution in [2.24, 2.45) is 11.7 Å². The molecule has 4 nitrogen and oxygen atoms in total. The monoisotopic (exact) mass is 207 g/mol. The van der Waals surface area contributed by atoms with Crippen molar-refractivity contribution < 1.29 is 4.79 Å². The first kappa shape index (κ1) is 11.7. The van der Waals surface area contributed by atoms with Crippen LogP contribution in [-0.4, -0.2) is 17.4 Å². The molecule has 1 aromatic heterocycles. The maximum absolute atomic E-state index is 11.4. The van der Waals surface area contributed by atoms with Crippen LogP contribution in [0, 0.1) is 5.92 Å². The number of rotatable bonds is 5. The summed E-state index contributed by atoms with van der Waals surface area (Å²) >= 11 is 0. The Labute approximate surface area is 89.9 Å². The summed E-state index contributed by atoms with van der Waals surface area (Å²) < 4.78 is 0. The minimum atomic E-state index is 0.0387. The van der Waals surface area contributed by atoms with Gasteiger partial charge in [0.25, 0.3) is 0 Å². The van der Waals surface area contributed by atoms with E-state index in [0.29, 0.717) is 19.5 Å². The molecule has 0 fully saturated rings. The highest BCUT2D eigenvalue weighted by Gasteiger charge is 2.06. The SMILES string of the molecule is CC(CN)CC(=O)NCc1cccnc1. The Morgan fingerprint density at radius 3 is 3.07 bits per heavy atom. The van der Waals surface area contributed by atoms with Gasteiger partial charge in [-0.3, -0.25) is 9.78 Å². The highest BCUT2D eigenvalue weighted by Crippen LogP contribution is 1.99. The molecule has 82 valence electrons. The maximum Gasteiger partial charge on any atom is 0.220 e. The van der Waals surface area contributed by atoms with E-state index in [1.165, 1.54) is 0 Å². The molecule has 0 spiro atoms. The molecule has 1 amide bonds. The first-order valence-corrected chi connectivity index (χ1v) is 5.08. The topological polar surface area (TPSA) is 68.0 Å². The molecule has 15 heavy (non-hydrogen) atoms. The van der Waals surface area contributed by atoms with Gasteiger partial charge in [0.2, 0.25) is 5.91 Å². The summed E-state index contributed by atoms with van der Waals surface area (Å²) in [6, 6.07) is 3.78. The number of hydrogen-bond donors (Lipinski definition) is 2. The van der Waals surface area contributed by atoms with Gasteiger partial charge in [0, 0.05) is 25.4 Å². The number of aromatic nitrogens is 1. The van der Waals surface area contributed by atoms with Crippen LogP contribution in [0.4, 0.5) is 0 Å². The first-order valence-electron chi connectivity index (χ1n) is 5.08. The van der Waals surface area contributed by atoms with Gasteiger partial charge in [0.15, 0.2) is 0 Å². The predicted molar refractivity (Wildman–Crippen MR) is 58.9 cm³/mol. The second kappa shape index (κ2) is 6.14. The fraction of sp³-hybridized carbons (Fsp3) is 0.455. The number of pyridine rings is 1. The van der Waals surface area contributed by atoms with Gasteiger partial charge in [0.05, 0.1) is 0 Å². The number of hydrogen-bond acceptors (Lipinski definition) is 3. The van der Waals surface area contributed by atoms with Crippen LogP contribution in [0.15, 0.2) is 24.5 Å². The Morgan fingerprint density at radius 1 is 1.67 bits per heavy atom. The Morgan fingerprint density at radius 2 is 2.47 bits per heavy atom. The van der Waals surface area contributed by atoms with Crippen LogP contribution in [0.2, 0.25) is 0 Å². The van der Waals surface area contributed by atoms with Gasteiger partial charge in [-0.2, -0.15) is 0 Å². The zero-order valence-electron chi connectivity index (χ0n) is 8.94. The van der Waals surface area contributed by atoms with Crippen LogP contribution in [-0.2, 0) is 11.3 Å². The molecule has 3 N–H and O–H groups in total. The fourth-order valence-corrected chi connectivity index (χ4v) is 1.18. The van der Waals surface area contributed by atoms with Crippen LogP contribution in [0.1, 0.15) is 18.9 Å². The molecular weight excluding hydrogens is 190 g/mol. The third kappa shape index (κ3) is 4.56. The molecule has 0 aliphatic carbocycles. The van der Waals surface area contributed by atoms with Crippen LogP contribution in [0.5, 0.6) is 0 Å². The summed E-state index contributed by atoms with van der Waals surface area (Å²) in [7, 11) is 0. The van der Waals surface area contributed by atoms with E-state index in [-0.39, 0.29) is 11.8 Å². The van der Waals surface area contributed by atoms with Crippen LogP contribution in [0.25, 0.3) is 0 Å². The molecular formula is C11H17N3O. The second-order valence-corrected chi connectivity index (χ2v) is 3.68. The number of amides is 1. The van der Waals surface area contributed by atoms with Crippen LogP contribution < -0.4 is 11.1 Å². The second-order valence-electron chi connectivity index (χ2n) is 3.68. The van der Waals surface area contributed by atoms with Crippen molar-refractivity contribution in [2.45, 2.75) is 19.9 Å². The summed E-state index contributed by atoms with van der Waals surface area (Å²) in [6.45, 7) is 3.04. The van der Waals surface area contributed by atoms with E-state index in [4.69, 9.17) is 5.73 Å². The minimum Gasteiger partial charge on any atom is -0.352 e. The van der Waals surface area contributed by atoms with Gasteiger partial charge in [-0.1, -0.05) is 13.0 Å². The first-order chi connectivity index (χ1) is 7.22. The van der Waals surface area contributed by atoms with E-state index < -0.39 is 0 Å². The third-order valence-corrected chi connectivity index (χ3v) is 2.15. The average molecular weight is 207 g/mol. The number of carbonyl (C=O) groups is 1. The molecule has 1 aromatic rings. The van der Waals surface area contributed by atoms with Crippen molar-refractivity contribution >= 4 is 5.91 Å². The summed E-state index contributed by atoms with van der Waals surface area (Å²) in [4.78, 5) is 15.4. The molecule has 1 unspecified atom stereocenters. The quantitative estimate of drug-likeness (QED) is 0.746. The van der Waals surface area contributed by atoms with Crippen molar-refractivity contribution in [3.8, 4) is 0 Å². The summed E-state index contributed by atoms with van der Waals surface area (Å²) in [5, 5.41) is 2.83. The zero-order chi connectivity index (χ0) is 11.1. The van der Waals surface area contributed by atoms with E-state index in [1.54, 1.807) is 12.4 Å². The molecule has 0 aliphatic rings. The lowest BCUT2D eigenvalue weighted by Gasteiger charge is -2.08. The van der Waals surface area contributed by atoms with Gasteiger partial charge < -0.3 is 11.1 Å². The van der Waals surface area contributed by atoms with Gasteiger partial charge in [-0.05, 0) is 24.1 Å². The molecule has 0 aliphatic heterocycles. The zero-order valence-corrected chi connectivity index (χ0v) is 8.94. The molecule has 0 bridgehead atoms. The van der Waals surface area contributed by atoms with E-state index in [1.807, 2.05) is 19.1 Å². The highest BCUT2D eigenvalue weighted by molar-refractivity contribution is 5.76.